The number of anilines is 1. The van der Waals surface area contributed by atoms with Gasteiger partial charge < -0.3 is 4.90 Å². The highest BCUT2D eigenvalue weighted by Crippen LogP contribution is 2.24. The van der Waals surface area contributed by atoms with Crippen molar-refractivity contribution < 1.29 is 9.18 Å². The lowest BCUT2D eigenvalue weighted by Crippen LogP contribution is -2.29. The molecular formula is C23H19FN6O2. The second kappa shape index (κ2) is 7.77. The minimum Gasteiger partial charge on any atom is -0.326 e. The van der Waals surface area contributed by atoms with E-state index in [1.807, 2.05) is 30.3 Å². The highest BCUT2D eigenvalue weighted by molar-refractivity contribution is 5.94. The van der Waals surface area contributed by atoms with Crippen molar-refractivity contribution in [3.63, 3.8) is 0 Å². The zero-order chi connectivity index (χ0) is 22.2. The quantitative estimate of drug-likeness (QED) is 0.499. The molecule has 0 atom stereocenters. The van der Waals surface area contributed by atoms with E-state index in [2.05, 4.69) is 10.2 Å². The molecule has 2 aromatic carbocycles. The number of likely N-dealkylation sites (N-methyl/N-ethyl adjacent to an activating group) is 1. The number of carbonyl (C=O) groups is 1. The van der Waals surface area contributed by atoms with Gasteiger partial charge in [-0.15, -0.1) is 0 Å². The molecule has 0 bridgehead atoms. The first-order chi connectivity index (χ1) is 15.5. The number of rotatable bonds is 4. The fourth-order valence-corrected chi connectivity index (χ4v) is 3.71. The van der Waals surface area contributed by atoms with Crippen LogP contribution in [0.5, 0.6) is 0 Å². The van der Waals surface area contributed by atoms with Gasteiger partial charge in [-0.3, -0.25) is 9.69 Å². The Kier molecular flexibility index (Phi) is 4.78. The summed E-state index contributed by atoms with van der Waals surface area (Å²) in [6, 6.07) is 16.8. The van der Waals surface area contributed by atoms with Crippen LogP contribution in [-0.2, 0) is 0 Å². The van der Waals surface area contributed by atoms with Crippen LogP contribution in [0, 0.1) is 5.82 Å². The minimum atomic E-state index is -0.552. The highest BCUT2D eigenvalue weighted by Gasteiger charge is 2.27. The first kappa shape index (κ1) is 19.7. The van der Waals surface area contributed by atoms with E-state index >= 15 is 4.39 Å². The van der Waals surface area contributed by atoms with Crippen LogP contribution in [0.4, 0.5) is 14.9 Å². The first-order valence-electron chi connectivity index (χ1n) is 10.1. The minimum absolute atomic E-state index is 0.147. The van der Waals surface area contributed by atoms with Crippen LogP contribution in [0.25, 0.3) is 22.8 Å². The average Bonchev–Trinajstić information content (AvgIpc) is 3.42. The van der Waals surface area contributed by atoms with Crippen molar-refractivity contribution in [3.8, 4) is 22.8 Å². The summed E-state index contributed by atoms with van der Waals surface area (Å²) in [5.74, 6) is -0.552. The van der Waals surface area contributed by atoms with Gasteiger partial charge in [0.05, 0.1) is 17.6 Å². The number of urea groups is 1. The fraction of sp³-hybridized carbons (Fsp3) is 0.130. The Bertz CT molecular complexity index is 1360. The molecule has 160 valence electrons. The summed E-state index contributed by atoms with van der Waals surface area (Å²) >= 11 is 0. The van der Waals surface area contributed by atoms with Crippen LogP contribution in [0.3, 0.4) is 0 Å². The molecule has 0 unspecified atom stereocenters. The standard InChI is InChI=1S/C23H19FN6O2/c1-27-13-14-28(23(27)32)17-7-8-19(18(24)15-17)29-12-10-21(31)22(26-29)20-9-11-25-30(20)16-5-3-2-4-6-16/h2-12,15H,13-14H2,1H3. The smallest absolute Gasteiger partial charge is 0.324 e. The molecule has 0 N–H and O–H groups in total. The van der Waals surface area contributed by atoms with Gasteiger partial charge in [-0.1, -0.05) is 18.2 Å². The topological polar surface area (TPSA) is 76.3 Å². The second-order valence-corrected chi connectivity index (χ2v) is 7.43. The summed E-state index contributed by atoms with van der Waals surface area (Å²) in [5, 5.41) is 8.71. The normalized spacial score (nSPS) is 13.8. The molecule has 0 aliphatic carbocycles. The maximum Gasteiger partial charge on any atom is 0.324 e. The van der Waals surface area contributed by atoms with E-state index in [9.17, 15) is 9.59 Å². The maximum absolute atomic E-state index is 15.0. The van der Waals surface area contributed by atoms with Crippen LogP contribution >= 0.6 is 0 Å². The molecule has 1 aliphatic rings. The lowest BCUT2D eigenvalue weighted by Gasteiger charge is -2.17. The summed E-state index contributed by atoms with van der Waals surface area (Å²) in [7, 11) is 1.71. The number of hydrogen-bond acceptors (Lipinski definition) is 4. The Morgan fingerprint density at radius 2 is 1.75 bits per heavy atom. The molecule has 2 aromatic heterocycles. The fourth-order valence-electron chi connectivity index (χ4n) is 3.71. The monoisotopic (exact) mass is 430 g/mol. The van der Waals surface area contributed by atoms with E-state index < -0.39 is 5.82 Å². The van der Waals surface area contributed by atoms with E-state index in [1.54, 1.807) is 41.0 Å². The van der Waals surface area contributed by atoms with E-state index in [0.717, 1.165) is 5.69 Å². The summed E-state index contributed by atoms with van der Waals surface area (Å²) in [4.78, 5) is 27.9. The summed E-state index contributed by atoms with van der Waals surface area (Å²) in [6.45, 7) is 1.08. The molecule has 2 amide bonds. The SMILES string of the molecule is CN1CCN(c2ccc(-n3ccc(=O)c(-c4ccnn4-c4ccccc4)n3)c(F)c2)C1=O. The van der Waals surface area contributed by atoms with Crippen LogP contribution in [0.1, 0.15) is 0 Å². The zero-order valence-corrected chi connectivity index (χ0v) is 17.2. The molecule has 8 nitrogen and oxygen atoms in total. The number of aromatic nitrogens is 4. The number of halogens is 1. The number of carbonyl (C=O) groups excluding carboxylic acids is 1. The number of hydrogen-bond donors (Lipinski definition) is 0. The van der Waals surface area contributed by atoms with Crippen LogP contribution < -0.4 is 10.3 Å². The lowest BCUT2D eigenvalue weighted by molar-refractivity contribution is 0.229. The Labute approximate surface area is 182 Å². The Morgan fingerprint density at radius 3 is 2.47 bits per heavy atom. The lowest BCUT2D eigenvalue weighted by atomic mass is 10.2. The largest absolute Gasteiger partial charge is 0.326 e. The van der Waals surface area contributed by atoms with Gasteiger partial charge in [0.15, 0.2) is 11.5 Å². The van der Waals surface area contributed by atoms with Crippen molar-refractivity contribution in [1.82, 2.24) is 24.5 Å². The van der Waals surface area contributed by atoms with Crippen molar-refractivity contribution in [2.75, 3.05) is 25.0 Å². The molecule has 0 spiro atoms. The summed E-state index contributed by atoms with van der Waals surface area (Å²) in [6.07, 6.45) is 3.00. The molecule has 4 aromatic rings. The predicted octanol–water partition coefficient (Wildman–Crippen LogP) is 3.10. The van der Waals surface area contributed by atoms with Crippen molar-refractivity contribution >= 4 is 11.7 Å². The molecule has 32 heavy (non-hydrogen) atoms. The van der Waals surface area contributed by atoms with Gasteiger partial charge in [-0.05, 0) is 36.4 Å². The van der Waals surface area contributed by atoms with Crippen LogP contribution in [0.2, 0.25) is 0 Å². The van der Waals surface area contributed by atoms with Gasteiger partial charge in [0, 0.05) is 38.1 Å². The van der Waals surface area contributed by atoms with Gasteiger partial charge in [0.1, 0.15) is 5.69 Å². The van der Waals surface area contributed by atoms with E-state index in [4.69, 9.17) is 0 Å². The van der Waals surface area contributed by atoms with E-state index in [-0.39, 0.29) is 22.8 Å². The van der Waals surface area contributed by atoms with E-state index in [1.165, 1.54) is 27.9 Å². The first-order valence-corrected chi connectivity index (χ1v) is 10.1. The second-order valence-electron chi connectivity index (χ2n) is 7.43. The Morgan fingerprint density at radius 1 is 0.938 bits per heavy atom. The van der Waals surface area contributed by atoms with Gasteiger partial charge >= 0.3 is 6.03 Å². The summed E-state index contributed by atoms with van der Waals surface area (Å²) in [5.41, 5.74) is 1.76. The van der Waals surface area contributed by atoms with Crippen LogP contribution in [-0.4, -0.2) is 50.6 Å². The average molecular weight is 430 g/mol. The third-order valence-corrected chi connectivity index (χ3v) is 5.40. The molecule has 1 saturated heterocycles. The van der Waals surface area contributed by atoms with E-state index in [0.29, 0.717) is 24.5 Å². The molecule has 9 heteroatoms. The Balaban J connectivity index is 1.54. The van der Waals surface area contributed by atoms with Crippen molar-refractivity contribution in [3.05, 3.63) is 89.1 Å². The van der Waals surface area contributed by atoms with Crippen molar-refractivity contribution in [2.24, 2.45) is 0 Å². The van der Waals surface area contributed by atoms with Gasteiger partial charge in [-0.2, -0.15) is 10.2 Å². The number of benzene rings is 2. The van der Waals surface area contributed by atoms with Crippen LogP contribution in [0.15, 0.2) is 77.9 Å². The molecule has 3 heterocycles. The molecule has 0 saturated carbocycles. The highest BCUT2D eigenvalue weighted by atomic mass is 19.1. The number of nitrogens with zero attached hydrogens (tertiary/aromatic N) is 6. The molecule has 5 rings (SSSR count). The van der Waals surface area contributed by atoms with Gasteiger partial charge in [0.2, 0.25) is 5.43 Å². The number of amides is 2. The zero-order valence-electron chi connectivity index (χ0n) is 17.2. The molecule has 0 radical (unpaired) electrons. The maximum atomic E-state index is 15.0. The number of para-hydroxylation sites is 1. The third kappa shape index (κ3) is 3.33. The molecule has 1 fully saturated rings. The van der Waals surface area contributed by atoms with Gasteiger partial charge in [0.25, 0.3) is 0 Å². The predicted molar refractivity (Wildman–Crippen MR) is 118 cm³/mol. The van der Waals surface area contributed by atoms with Crippen molar-refractivity contribution in [1.29, 1.82) is 0 Å². The van der Waals surface area contributed by atoms with Crippen molar-refractivity contribution in [2.45, 2.75) is 0 Å². The molecular weight excluding hydrogens is 411 g/mol. The summed E-state index contributed by atoms with van der Waals surface area (Å²) < 4.78 is 18.0. The molecule has 1 aliphatic heterocycles. The van der Waals surface area contributed by atoms with Gasteiger partial charge in [-0.25, -0.2) is 18.5 Å². The third-order valence-electron chi connectivity index (χ3n) is 5.40. The Hall–Kier alpha value is -4.27.